The molecule has 0 bridgehead atoms. The van der Waals surface area contributed by atoms with Crippen LogP contribution in [0.15, 0.2) is 41.8 Å². The molecule has 0 unspecified atom stereocenters. The van der Waals surface area contributed by atoms with Crippen LogP contribution in [0.3, 0.4) is 0 Å². The van der Waals surface area contributed by atoms with Crippen molar-refractivity contribution < 1.29 is 23.9 Å². The third-order valence-corrected chi connectivity index (χ3v) is 3.90. The average Bonchev–Trinajstić information content (AvgIpc) is 3.20. The molecule has 9 heteroatoms. The van der Waals surface area contributed by atoms with Crippen LogP contribution in [0.4, 0.5) is 14.9 Å². The zero-order valence-electron chi connectivity index (χ0n) is 13.9. The molecule has 1 aliphatic rings. The Labute approximate surface area is 148 Å². The summed E-state index contributed by atoms with van der Waals surface area (Å²) >= 11 is 0. The van der Waals surface area contributed by atoms with Gasteiger partial charge in [-0.25, -0.2) is 9.18 Å². The molecule has 0 saturated carbocycles. The molecule has 1 atom stereocenters. The summed E-state index contributed by atoms with van der Waals surface area (Å²) < 4.78 is 21.2. The molecule has 2 heterocycles. The van der Waals surface area contributed by atoms with E-state index in [-0.39, 0.29) is 24.7 Å². The molecule has 0 aliphatic carbocycles. The Kier molecular flexibility index (Phi) is 4.87. The second-order valence-electron chi connectivity index (χ2n) is 5.79. The van der Waals surface area contributed by atoms with Gasteiger partial charge in [-0.3, -0.25) is 9.69 Å². The number of hydrogen-bond donors (Lipinski definition) is 2. The van der Waals surface area contributed by atoms with Crippen LogP contribution in [0, 0.1) is 5.82 Å². The van der Waals surface area contributed by atoms with E-state index >= 15 is 0 Å². The van der Waals surface area contributed by atoms with Crippen molar-refractivity contribution in [3.05, 3.63) is 48.0 Å². The molecule has 26 heavy (non-hydrogen) atoms. The highest BCUT2D eigenvalue weighted by Gasteiger charge is 2.32. The first kappa shape index (κ1) is 17.5. The Hall–Kier alpha value is -3.36. The fourth-order valence-corrected chi connectivity index (χ4v) is 2.68. The van der Waals surface area contributed by atoms with Crippen molar-refractivity contribution in [3.63, 3.8) is 0 Å². The predicted octanol–water partition coefficient (Wildman–Crippen LogP) is 1.89. The maximum Gasteiger partial charge on any atom is 0.414 e. The molecular formula is C17H17FN4O4. The van der Waals surface area contributed by atoms with E-state index in [1.165, 1.54) is 28.7 Å². The number of cyclic esters (lactones) is 1. The highest BCUT2D eigenvalue weighted by Crippen LogP contribution is 2.25. The van der Waals surface area contributed by atoms with Crippen LogP contribution in [0.25, 0.3) is 5.69 Å². The summed E-state index contributed by atoms with van der Waals surface area (Å²) in [4.78, 5) is 24.3. The van der Waals surface area contributed by atoms with E-state index in [1.54, 1.807) is 30.6 Å². The number of nitrogens with one attached hydrogen (secondary N) is 1. The molecule has 3 rings (SSSR count). The van der Waals surface area contributed by atoms with Crippen molar-refractivity contribution in [1.29, 1.82) is 0 Å². The smallest absolute Gasteiger partial charge is 0.414 e. The summed E-state index contributed by atoms with van der Waals surface area (Å²) in [5.41, 5.74) is 1.26. The summed E-state index contributed by atoms with van der Waals surface area (Å²) in [7, 11) is 0. The zero-order valence-corrected chi connectivity index (χ0v) is 13.9. The number of ether oxygens (including phenoxy) is 1. The average molecular weight is 360 g/mol. The molecule has 1 aliphatic heterocycles. The van der Waals surface area contributed by atoms with Gasteiger partial charge in [0.15, 0.2) is 0 Å². The molecule has 8 nitrogen and oxygen atoms in total. The molecule has 1 aromatic carbocycles. The topological polar surface area (TPSA) is 96.2 Å². The monoisotopic (exact) mass is 360 g/mol. The number of anilines is 1. The van der Waals surface area contributed by atoms with Gasteiger partial charge in [0, 0.05) is 24.9 Å². The maximum atomic E-state index is 14.5. The number of oxime groups is 1. The quantitative estimate of drug-likeness (QED) is 0.483. The molecule has 0 spiro atoms. The number of hydrogen-bond acceptors (Lipinski definition) is 5. The van der Waals surface area contributed by atoms with Gasteiger partial charge in [-0.15, -0.1) is 0 Å². The molecule has 136 valence electrons. The fraction of sp³-hybridized carbons (Fsp3) is 0.235. The van der Waals surface area contributed by atoms with Crippen molar-refractivity contribution in [2.45, 2.75) is 13.0 Å². The zero-order chi connectivity index (χ0) is 18.7. The number of carbonyl (C=O) groups is 2. The first-order chi connectivity index (χ1) is 12.5. The first-order valence-electron chi connectivity index (χ1n) is 7.86. The van der Waals surface area contributed by atoms with Gasteiger partial charge in [-0.2, -0.15) is 0 Å². The van der Waals surface area contributed by atoms with Gasteiger partial charge in [0.2, 0.25) is 5.91 Å². The summed E-state index contributed by atoms with van der Waals surface area (Å²) in [5.74, 6) is -0.740. The summed E-state index contributed by atoms with van der Waals surface area (Å²) in [6, 6.07) is 6.06. The summed E-state index contributed by atoms with van der Waals surface area (Å²) in [6.45, 7) is 1.80. The Morgan fingerprint density at radius 1 is 1.50 bits per heavy atom. The fourth-order valence-electron chi connectivity index (χ4n) is 2.68. The van der Waals surface area contributed by atoms with Gasteiger partial charge >= 0.3 is 6.09 Å². The third-order valence-electron chi connectivity index (χ3n) is 3.90. The predicted molar refractivity (Wildman–Crippen MR) is 91.4 cm³/mol. The molecule has 1 saturated heterocycles. The Balaban J connectivity index is 1.76. The SMILES string of the molecule is CC(=O)NC[C@H]1CN(c2ccc(-n3ccc(/C=N/O)c3)c(F)c2)C(=O)O1. The van der Waals surface area contributed by atoms with Crippen LogP contribution in [-0.2, 0) is 9.53 Å². The lowest BCUT2D eigenvalue weighted by Gasteiger charge is -2.14. The molecule has 2 amide bonds. The lowest BCUT2D eigenvalue weighted by molar-refractivity contribution is -0.119. The normalized spacial score (nSPS) is 16.9. The van der Waals surface area contributed by atoms with Crippen LogP contribution in [0.2, 0.25) is 0 Å². The van der Waals surface area contributed by atoms with Gasteiger partial charge in [-0.1, -0.05) is 5.16 Å². The highest BCUT2D eigenvalue weighted by atomic mass is 19.1. The molecule has 2 aromatic rings. The summed E-state index contributed by atoms with van der Waals surface area (Å²) in [6.07, 6.45) is 3.39. The minimum Gasteiger partial charge on any atom is -0.442 e. The van der Waals surface area contributed by atoms with Crippen molar-refractivity contribution in [2.24, 2.45) is 5.16 Å². The molecule has 0 radical (unpaired) electrons. The number of benzene rings is 1. The van der Waals surface area contributed by atoms with E-state index in [2.05, 4.69) is 10.5 Å². The van der Waals surface area contributed by atoms with E-state index in [4.69, 9.17) is 9.94 Å². The Bertz CT molecular complexity index is 864. The van der Waals surface area contributed by atoms with E-state index in [0.29, 0.717) is 11.3 Å². The van der Waals surface area contributed by atoms with Crippen molar-refractivity contribution in [2.75, 3.05) is 18.0 Å². The van der Waals surface area contributed by atoms with Crippen molar-refractivity contribution >= 4 is 23.9 Å². The van der Waals surface area contributed by atoms with E-state index in [9.17, 15) is 14.0 Å². The Morgan fingerprint density at radius 2 is 2.31 bits per heavy atom. The first-order valence-corrected chi connectivity index (χ1v) is 7.86. The van der Waals surface area contributed by atoms with Crippen LogP contribution >= 0.6 is 0 Å². The molecule has 1 aromatic heterocycles. The van der Waals surface area contributed by atoms with E-state index in [1.807, 2.05) is 0 Å². The van der Waals surface area contributed by atoms with Gasteiger partial charge in [-0.05, 0) is 24.3 Å². The molecule has 2 N–H and O–H groups in total. The van der Waals surface area contributed by atoms with Crippen LogP contribution < -0.4 is 10.2 Å². The van der Waals surface area contributed by atoms with Gasteiger partial charge in [0.25, 0.3) is 0 Å². The van der Waals surface area contributed by atoms with E-state index < -0.39 is 18.0 Å². The largest absolute Gasteiger partial charge is 0.442 e. The number of halogens is 1. The lowest BCUT2D eigenvalue weighted by Crippen LogP contribution is -2.33. The number of rotatable bonds is 5. The lowest BCUT2D eigenvalue weighted by atomic mass is 10.2. The van der Waals surface area contributed by atoms with Gasteiger partial charge in [0.1, 0.15) is 11.9 Å². The van der Waals surface area contributed by atoms with Crippen LogP contribution in [0.1, 0.15) is 12.5 Å². The summed E-state index contributed by atoms with van der Waals surface area (Å²) in [5, 5.41) is 14.1. The van der Waals surface area contributed by atoms with E-state index in [0.717, 1.165) is 0 Å². The Morgan fingerprint density at radius 3 is 3.00 bits per heavy atom. The standard InChI is InChI=1S/C17H17FN4O4/c1-11(23)19-8-14-10-22(17(24)26-14)13-2-3-16(15(18)6-13)21-5-4-12(9-21)7-20-25/h2-7,9,14,25H,8,10H2,1H3,(H,19,23)/b20-7+/t14-/m0/s1. The van der Waals surface area contributed by atoms with Gasteiger partial charge in [0.05, 0.1) is 30.7 Å². The number of amides is 2. The second-order valence-corrected chi connectivity index (χ2v) is 5.79. The third kappa shape index (κ3) is 3.66. The number of aromatic nitrogens is 1. The van der Waals surface area contributed by atoms with Crippen molar-refractivity contribution in [3.8, 4) is 5.69 Å². The molecule has 1 fully saturated rings. The van der Waals surface area contributed by atoms with Crippen LogP contribution in [0.5, 0.6) is 0 Å². The number of carbonyl (C=O) groups excluding carboxylic acids is 2. The second kappa shape index (κ2) is 7.26. The minimum absolute atomic E-state index is 0.205. The molecular weight excluding hydrogens is 343 g/mol. The van der Waals surface area contributed by atoms with Crippen molar-refractivity contribution in [1.82, 2.24) is 9.88 Å². The van der Waals surface area contributed by atoms with Crippen LogP contribution in [-0.4, -0.2) is 47.2 Å². The minimum atomic E-state index is -0.588. The number of nitrogens with zero attached hydrogens (tertiary/aromatic N) is 3. The highest BCUT2D eigenvalue weighted by molar-refractivity contribution is 5.90. The van der Waals surface area contributed by atoms with Gasteiger partial charge < -0.3 is 19.8 Å². The maximum absolute atomic E-state index is 14.5.